The molecule has 3 nitrogen and oxygen atoms in total. The van der Waals surface area contributed by atoms with Crippen LogP contribution in [0.2, 0.25) is 0 Å². The monoisotopic (exact) mass is 267 g/mol. The predicted octanol–water partition coefficient (Wildman–Crippen LogP) is 2.88. The van der Waals surface area contributed by atoms with Gasteiger partial charge in [0.2, 0.25) is 0 Å². The number of hydrogen-bond donors (Lipinski definition) is 1. The minimum atomic E-state index is 0.0382. The third-order valence-corrected chi connectivity index (χ3v) is 5.74. The van der Waals surface area contributed by atoms with Crippen LogP contribution in [-0.4, -0.2) is 37.5 Å². The van der Waals surface area contributed by atoms with Crippen LogP contribution in [0.1, 0.15) is 58.3 Å². The zero-order valence-corrected chi connectivity index (χ0v) is 12.5. The summed E-state index contributed by atoms with van der Waals surface area (Å²) in [4.78, 5) is 0. The zero-order chi connectivity index (χ0) is 13.3. The first-order valence-electron chi connectivity index (χ1n) is 8.13. The van der Waals surface area contributed by atoms with E-state index in [2.05, 4.69) is 19.3 Å². The van der Waals surface area contributed by atoms with E-state index in [9.17, 15) is 0 Å². The van der Waals surface area contributed by atoms with Crippen molar-refractivity contribution in [3.05, 3.63) is 0 Å². The standard InChI is InChI=1S/C16H29NO2/c1-15(7-5-10-18-15)14(17-2)13-6-11-19-16(12-13)8-3-4-9-16/h13-14,17H,3-12H2,1-2H3. The fourth-order valence-electron chi connectivity index (χ4n) is 4.80. The molecule has 0 bridgehead atoms. The normalized spacial score (nSPS) is 39.8. The lowest BCUT2D eigenvalue weighted by atomic mass is 9.74. The molecule has 3 unspecified atom stereocenters. The Labute approximate surface area is 117 Å². The summed E-state index contributed by atoms with van der Waals surface area (Å²) in [5.74, 6) is 0.708. The molecule has 110 valence electrons. The van der Waals surface area contributed by atoms with Gasteiger partial charge in [0.05, 0.1) is 11.2 Å². The topological polar surface area (TPSA) is 30.5 Å². The highest BCUT2D eigenvalue weighted by molar-refractivity contribution is 5.01. The number of nitrogens with one attached hydrogen (secondary N) is 1. The molecule has 1 N–H and O–H groups in total. The van der Waals surface area contributed by atoms with E-state index < -0.39 is 0 Å². The summed E-state index contributed by atoms with van der Waals surface area (Å²) in [6.45, 7) is 4.18. The van der Waals surface area contributed by atoms with E-state index in [1.807, 2.05) is 0 Å². The first kappa shape index (κ1) is 13.8. The van der Waals surface area contributed by atoms with Crippen molar-refractivity contribution in [1.82, 2.24) is 5.32 Å². The molecule has 2 saturated heterocycles. The smallest absolute Gasteiger partial charge is 0.0810 e. The van der Waals surface area contributed by atoms with E-state index in [0.717, 1.165) is 13.2 Å². The van der Waals surface area contributed by atoms with E-state index in [1.165, 1.54) is 51.4 Å². The summed E-state index contributed by atoms with van der Waals surface area (Å²) in [6.07, 6.45) is 10.1. The van der Waals surface area contributed by atoms with E-state index >= 15 is 0 Å². The molecule has 0 aromatic heterocycles. The van der Waals surface area contributed by atoms with Gasteiger partial charge in [0, 0.05) is 19.3 Å². The maximum absolute atomic E-state index is 6.18. The molecule has 1 aliphatic carbocycles. The second kappa shape index (κ2) is 5.34. The lowest BCUT2D eigenvalue weighted by Crippen LogP contribution is -2.55. The van der Waals surface area contributed by atoms with E-state index in [0.29, 0.717) is 12.0 Å². The van der Waals surface area contributed by atoms with E-state index in [4.69, 9.17) is 9.47 Å². The molecule has 1 spiro atoms. The van der Waals surface area contributed by atoms with Crippen molar-refractivity contribution in [2.75, 3.05) is 20.3 Å². The Hall–Kier alpha value is -0.120. The molecule has 3 fully saturated rings. The van der Waals surface area contributed by atoms with Crippen LogP contribution >= 0.6 is 0 Å². The van der Waals surface area contributed by atoms with Crippen LogP contribution in [0.25, 0.3) is 0 Å². The van der Waals surface area contributed by atoms with Gasteiger partial charge in [-0.2, -0.15) is 0 Å². The summed E-state index contributed by atoms with van der Waals surface area (Å²) in [5, 5.41) is 3.58. The van der Waals surface area contributed by atoms with E-state index in [-0.39, 0.29) is 11.2 Å². The number of ether oxygens (including phenoxy) is 2. The van der Waals surface area contributed by atoms with Crippen molar-refractivity contribution < 1.29 is 9.47 Å². The van der Waals surface area contributed by atoms with Crippen LogP contribution in [0, 0.1) is 5.92 Å². The van der Waals surface area contributed by atoms with Crippen molar-refractivity contribution in [2.24, 2.45) is 5.92 Å². The molecule has 0 radical (unpaired) electrons. The predicted molar refractivity (Wildman–Crippen MR) is 76.3 cm³/mol. The van der Waals surface area contributed by atoms with Crippen LogP contribution in [0.4, 0.5) is 0 Å². The molecule has 3 heteroatoms. The van der Waals surface area contributed by atoms with Crippen molar-refractivity contribution in [3.63, 3.8) is 0 Å². The first-order valence-corrected chi connectivity index (χ1v) is 8.13. The minimum absolute atomic E-state index is 0.0382. The van der Waals surface area contributed by atoms with Crippen LogP contribution in [0.3, 0.4) is 0 Å². The molecule has 0 aromatic rings. The van der Waals surface area contributed by atoms with Crippen LogP contribution < -0.4 is 5.32 Å². The van der Waals surface area contributed by atoms with Gasteiger partial charge < -0.3 is 14.8 Å². The highest BCUT2D eigenvalue weighted by Crippen LogP contribution is 2.45. The Balaban J connectivity index is 1.72. The van der Waals surface area contributed by atoms with Gasteiger partial charge >= 0.3 is 0 Å². The first-order chi connectivity index (χ1) is 9.18. The van der Waals surface area contributed by atoms with Gasteiger partial charge in [-0.25, -0.2) is 0 Å². The Morgan fingerprint density at radius 2 is 1.84 bits per heavy atom. The summed E-state index contributed by atoms with van der Waals surface area (Å²) < 4.78 is 12.3. The number of hydrogen-bond acceptors (Lipinski definition) is 3. The van der Waals surface area contributed by atoms with E-state index in [1.54, 1.807) is 0 Å². The number of rotatable bonds is 3. The average Bonchev–Trinajstić information content (AvgIpc) is 3.01. The lowest BCUT2D eigenvalue weighted by Gasteiger charge is -2.45. The van der Waals surface area contributed by atoms with Gasteiger partial charge in [0.1, 0.15) is 0 Å². The zero-order valence-electron chi connectivity index (χ0n) is 12.5. The molecule has 2 heterocycles. The molecule has 19 heavy (non-hydrogen) atoms. The Morgan fingerprint density at radius 1 is 1.05 bits per heavy atom. The Kier molecular flexibility index (Phi) is 3.89. The Bertz CT molecular complexity index is 306. The third-order valence-electron chi connectivity index (χ3n) is 5.74. The highest BCUT2D eigenvalue weighted by atomic mass is 16.5. The molecule has 3 rings (SSSR count). The van der Waals surface area contributed by atoms with Crippen LogP contribution in [0.15, 0.2) is 0 Å². The lowest BCUT2D eigenvalue weighted by molar-refractivity contribution is -0.117. The molecule has 0 amide bonds. The van der Waals surface area contributed by atoms with Crippen LogP contribution in [0.5, 0.6) is 0 Å². The number of likely N-dealkylation sites (N-methyl/N-ethyl adjacent to an activating group) is 1. The van der Waals surface area contributed by atoms with Crippen molar-refractivity contribution >= 4 is 0 Å². The minimum Gasteiger partial charge on any atom is -0.375 e. The van der Waals surface area contributed by atoms with Crippen LogP contribution in [-0.2, 0) is 9.47 Å². The largest absolute Gasteiger partial charge is 0.375 e. The summed E-state index contributed by atoms with van der Waals surface area (Å²) in [7, 11) is 2.11. The van der Waals surface area contributed by atoms with Crippen molar-refractivity contribution in [2.45, 2.75) is 75.5 Å². The summed E-state index contributed by atoms with van der Waals surface area (Å²) in [6, 6.07) is 0.483. The van der Waals surface area contributed by atoms with Gasteiger partial charge in [-0.3, -0.25) is 0 Å². The average molecular weight is 267 g/mol. The Morgan fingerprint density at radius 3 is 2.47 bits per heavy atom. The second-order valence-corrected chi connectivity index (χ2v) is 7.02. The molecule has 1 saturated carbocycles. The quantitative estimate of drug-likeness (QED) is 0.853. The molecule has 2 aliphatic heterocycles. The van der Waals surface area contributed by atoms with Crippen molar-refractivity contribution in [1.29, 1.82) is 0 Å². The molecule has 0 aromatic carbocycles. The molecule has 3 atom stereocenters. The maximum Gasteiger partial charge on any atom is 0.0810 e. The maximum atomic E-state index is 6.18. The summed E-state index contributed by atoms with van der Waals surface area (Å²) in [5.41, 5.74) is 0.254. The van der Waals surface area contributed by atoms with Gasteiger partial charge in [-0.05, 0) is 58.4 Å². The fraction of sp³-hybridized carbons (Fsp3) is 1.00. The SMILES string of the molecule is CNC(C1CCOC2(CCCC2)C1)C1(C)CCCO1. The third kappa shape index (κ3) is 2.57. The summed E-state index contributed by atoms with van der Waals surface area (Å²) >= 11 is 0. The van der Waals surface area contributed by atoms with Crippen molar-refractivity contribution in [3.8, 4) is 0 Å². The molecular weight excluding hydrogens is 238 g/mol. The van der Waals surface area contributed by atoms with Gasteiger partial charge in [-0.15, -0.1) is 0 Å². The van der Waals surface area contributed by atoms with Gasteiger partial charge in [-0.1, -0.05) is 12.8 Å². The van der Waals surface area contributed by atoms with Gasteiger partial charge in [0.15, 0.2) is 0 Å². The molecular formula is C16H29NO2. The fourth-order valence-corrected chi connectivity index (χ4v) is 4.80. The molecule has 3 aliphatic rings. The van der Waals surface area contributed by atoms with Gasteiger partial charge in [0.25, 0.3) is 0 Å². The second-order valence-electron chi connectivity index (χ2n) is 7.02. The highest BCUT2D eigenvalue weighted by Gasteiger charge is 2.47.